The zero-order chi connectivity index (χ0) is 10.6. The molecule has 0 aliphatic carbocycles. The monoisotopic (exact) mass is 258 g/mol. The molecule has 1 aromatic rings. The number of pyridine rings is 1. The van der Waals surface area contributed by atoms with Crippen molar-refractivity contribution in [2.24, 2.45) is 0 Å². The van der Waals surface area contributed by atoms with Crippen molar-refractivity contribution in [1.82, 2.24) is 4.98 Å². The number of carbonyl (C=O) groups excluding carboxylic acids is 1. The average molecular weight is 259 g/mol. The Balaban J connectivity index is 2.75. The fourth-order valence-corrected chi connectivity index (χ4v) is 1.38. The van der Waals surface area contributed by atoms with Gasteiger partial charge in [0.15, 0.2) is 0 Å². The Labute approximate surface area is 90.6 Å². The molecule has 14 heavy (non-hydrogen) atoms. The summed E-state index contributed by atoms with van der Waals surface area (Å²) >= 11 is 3.21. The Morgan fingerprint density at radius 2 is 2.43 bits per heavy atom. The maximum atomic E-state index is 11.2. The molecule has 0 radical (unpaired) electrons. The third-order valence-corrected chi connectivity index (χ3v) is 2.06. The Hall–Kier alpha value is -1.10. The predicted molar refractivity (Wildman–Crippen MR) is 56.7 cm³/mol. The fourth-order valence-electron chi connectivity index (χ4n) is 0.999. The molecule has 0 aromatic carbocycles. The summed E-state index contributed by atoms with van der Waals surface area (Å²) < 4.78 is 5.47. The van der Waals surface area contributed by atoms with E-state index in [1.54, 1.807) is 13.0 Å². The number of anilines is 1. The molecule has 4 nitrogen and oxygen atoms in total. The highest BCUT2D eigenvalue weighted by Gasteiger charge is 2.07. The normalized spacial score (nSPS) is 9.86. The van der Waals surface area contributed by atoms with E-state index in [0.717, 1.165) is 5.56 Å². The number of esters is 1. The van der Waals surface area contributed by atoms with E-state index >= 15 is 0 Å². The first-order valence-electron chi connectivity index (χ1n) is 4.19. The van der Waals surface area contributed by atoms with Crippen molar-refractivity contribution in [1.29, 1.82) is 0 Å². The SMILES string of the molecule is CCOC(=O)Cc1cc(Br)ncc1N. The van der Waals surface area contributed by atoms with Crippen LogP contribution in [-0.2, 0) is 16.0 Å². The van der Waals surface area contributed by atoms with Gasteiger partial charge in [-0.15, -0.1) is 0 Å². The molecule has 1 rings (SSSR count). The van der Waals surface area contributed by atoms with Crippen molar-refractivity contribution in [3.05, 3.63) is 22.4 Å². The van der Waals surface area contributed by atoms with Gasteiger partial charge in [-0.25, -0.2) is 4.98 Å². The van der Waals surface area contributed by atoms with Crippen LogP contribution in [0.1, 0.15) is 12.5 Å². The van der Waals surface area contributed by atoms with Gasteiger partial charge >= 0.3 is 5.97 Å². The Morgan fingerprint density at radius 3 is 3.07 bits per heavy atom. The number of hydrogen-bond donors (Lipinski definition) is 1. The quantitative estimate of drug-likeness (QED) is 0.660. The van der Waals surface area contributed by atoms with Crippen LogP contribution < -0.4 is 5.73 Å². The van der Waals surface area contributed by atoms with Gasteiger partial charge in [0.1, 0.15) is 4.60 Å². The molecular formula is C9H11BrN2O2. The third-order valence-electron chi connectivity index (χ3n) is 1.63. The van der Waals surface area contributed by atoms with Crippen LogP contribution in [0.5, 0.6) is 0 Å². The van der Waals surface area contributed by atoms with Crippen molar-refractivity contribution >= 4 is 27.6 Å². The molecule has 0 saturated heterocycles. The molecule has 76 valence electrons. The summed E-state index contributed by atoms with van der Waals surface area (Å²) in [5.74, 6) is -0.280. The maximum Gasteiger partial charge on any atom is 0.310 e. The van der Waals surface area contributed by atoms with Gasteiger partial charge in [0.05, 0.1) is 24.9 Å². The maximum absolute atomic E-state index is 11.2. The first kappa shape index (κ1) is 11.0. The van der Waals surface area contributed by atoms with Crippen molar-refractivity contribution in [3.8, 4) is 0 Å². The minimum atomic E-state index is -0.280. The molecule has 1 aromatic heterocycles. The van der Waals surface area contributed by atoms with E-state index < -0.39 is 0 Å². The number of nitrogens with two attached hydrogens (primary N) is 1. The second-order valence-corrected chi connectivity index (χ2v) is 3.50. The summed E-state index contributed by atoms with van der Waals surface area (Å²) in [6.07, 6.45) is 1.69. The van der Waals surface area contributed by atoms with E-state index in [4.69, 9.17) is 10.5 Å². The summed E-state index contributed by atoms with van der Waals surface area (Å²) in [5, 5.41) is 0. The smallest absolute Gasteiger partial charge is 0.310 e. The molecular weight excluding hydrogens is 248 g/mol. The highest BCUT2D eigenvalue weighted by molar-refractivity contribution is 9.10. The van der Waals surface area contributed by atoms with Crippen LogP contribution in [0.2, 0.25) is 0 Å². The van der Waals surface area contributed by atoms with Gasteiger partial charge in [-0.2, -0.15) is 0 Å². The van der Waals surface area contributed by atoms with E-state index in [1.807, 2.05) is 0 Å². The van der Waals surface area contributed by atoms with Gasteiger partial charge in [-0.1, -0.05) is 0 Å². The van der Waals surface area contributed by atoms with E-state index in [1.165, 1.54) is 6.20 Å². The van der Waals surface area contributed by atoms with Crippen molar-refractivity contribution in [2.75, 3.05) is 12.3 Å². The predicted octanol–water partition coefficient (Wildman–Crippen LogP) is 1.53. The molecule has 0 amide bonds. The minimum Gasteiger partial charge on any atom is -0.466 e. The Kier molecular flexibility index (Phi) is 3.88. The number of hydrogen-bond acceptors (Lipinski definition) is 4. The highest BCUT2D eigenvalue weighted by Crippen LogP contribution is 2.16. The molecule has 5 heteroatoms. The molecule has 0 atom stereocenters. The van der Waals surface area contributed by atoms with Crippen LogP contribution in [0.3, 0.4) is 0 Å². The summed E-state index contributed by atoms with van der Waals surface area (Å²) in [7, 11) is 0. The number of rotatable bonds is 3. The zero-order valence-electron chi connectivity index (χ0n) is 7.79. The number of nitrogens with zero attached hydrogens (tertiary/aromatic N) is 1. The summed E-state index contributed by atoms with van der Waals surface area (Å²) in [4.78, 5) is 15.1. The molecule has 1 heterocycles. The Bertz CT molecular complexity index is 342. The summed E-state index contributed by atoms with van der Waals surface area (Å²) in [5.41, 5.74) is 6.87. The zero-order valence-corrected chi connectivity index (χ0v) is 9.37. The van der Waals surface area contributed by atoms with Gasteiger partial charge in [0.2, 0.25) is 0 Å². The number of nitrogen functional groups attached to an aromatic ring is 1. The van der Waals surface area contributed by atoms with Gasteiger partial charge in [0.25, 0.3) is 0 Å². The van der Waals surface area contributed by atoms with E-state index in [2.05, 4.69) is 20.9 Å². The van der Waals surface area contributed by atoms with Crippen LogP contribution in [0.25, 0.3) is 0 Å². The van der Waals surface area contributed by atoms with Crippen LogP contribution in [-0.4, -0.2) is 17.6 Å². The van der Waals surface area contributed by atoms with Crippen LogP contribution in [0.15, 0.2) is 16.9 Å². The van der Waals surface area contributed by atoms with Gasteiger partial charge in [-0.05, 0) is 34.5 Å². The van der Waals surface area contributed by atoms with E-state index in [-0.39, 0.29) is 12.4 Å². The molecule has 0 aliphatic heterocycles. The lowest BCUT2D eigenvalue weighted by Crippen LogP contribution is -2.09. The highest BCUT2D eigenvalue weighted by atomic mass is 79.9. The standard InChI is InChI=1S/C9H11BrN2O2/c1-2-14-9(13)4-6-3-8(10)12-5-7(6)11/h3,5H,2,4,11H2,1H3. The lowest BCUT2D eigenvalue weighted by atomic mass is 10.2. The lowest BCUT2D eigenvalue weighted by Gasteiger charge is -2.05. The minimum absolute atomic E-state index is 0.181. The van der Waals surface area contributed by atoms with Crippen LogP contribution in [0.4, 0.5) is 5.69 Å². The van der Waals surface area contributed by atoms with Crippen molar-refractivity contribution in [2.45, 2.75) is 13.3 Å². The fraction of sp³-hybridized carbons (Fsp3) is 0.333. The average Bonchev–Trinajstić information content (AvgIpc) is 2.12. The second kappa shape index (κ2) is 4.95. The second-order valence-electron chi connectivity index (χ2n) is 2.69. The van der Waals surface area contributed by atoms with E-state index in [0.29, 0.717) is 16.9 Å². The largest absolute Gasteiger partial charge is 0.466 e. The summed E-state index contributed by atoms with van der Waals surface area (Å²) in [6.45, 7) is 2.15. The first-order valence-corrected chi connectivity index (χ1v) is 4.98. The third kappa shape index (κ3) is 2.99. The first-order chi connectivity index (χ1) is 6.63. The molecule has 0 unspecified atom stereocenters. The molecule has 0 aliphatic rings. The molecule has 0 fully saturated rings. The number of aromatic nitrogens is 1. The van der Waals surface area contributed by atoms with Crippen LogP contribution in [0, 0.1) is 0 Å². The summed E-state index contributed by atoms with van der Waals surface area (Å²) in [6, 6.07) is 1.71. The molecule has 0 saturated carbocycles. The topological polar surface area (TPSA) is 65.2 Å². The van der Waals surface area contributed by atoms with Gasteiger partial charge < -0.3 is 10.5 Å². The molecule has 0 spiro atoms. The number of carbonyl (C=O) groups is 1. The van der Waals surface area contributed by atoms with E-state index in [9.17, 15) is 4.79 Å². The van der Waals surface area contributed by atoms with Crippen molar-refractivity contribution in [3.63, 3.8) is 0 Å². The number of halogens is 1. The number of ether oxygens (including phenoxy) is 1. The van der Waals surface area contributed by atoms with Gasteiger partial charge in [0, 0.05) is 0 Å². The lowest BCUT2D eigenvalue weighted by molar-refractivity contribution is -0.142. The van der Waals surface area contributed by atoms with Gasteiger partial charge in [-0.3, -0.25) is 4.79 Å². The van der Waals surface area contributed by atoms with Crippen molar-refractivity contribution < 1.29 is 9.53 Å². The Morgan fingerprint density at radius 1 is 1.71 bits per heavy atom. The molecule has 0 bridgehead atoms. The molecule has 2 N–H and O–H groups in total. The van der Waals surface area contributed by atoms with Crippen LogP contribution >= 0.6 is 15.9 Å².